The van der Waals surface area contributed by atoms with Gasteiger partial charge in [0.05, 0.1) is 19.1 Å². The Balaban J connectivity index is 1.46. The van der Waals surface area contributed by atoms with Gasteiger partial charge in [-0.05, 0) is 42.7 Å². The molecule has 1 aliphatic rings. The van der Waals surface area contributed by atoms with Crippen LogP contribution in [0.3, 0.4) is 0 Å². The molecular formula is C19H21NO3. The molecule has 120 valence electrons. The number of benzene rings is 2. The Hall–Kier alpha value is -2.49. The van der Waals surface area contributed by atoms with Crippen LogP contribution >= 0.6 is 0 Å². The number of nitrogens with one attached hydrogen (secondary N) is 1. The van der Waals surface area contributed by atoms with E-state index >= 15 is 0 Å². The van der Waals surface area contributed by atoms with Gasteiger partial charge in [0.25, 0.3) is 0 Å². The van der Waals surface area contributed by atoms with Crippen molar-refractivity contribution in [3.63, 3.8) is 0 Å². The lowest BCUT2D eigenvalue weighted by Crippen LogP contribution is -2.37. The van der Waals surface area contributed by atoms with Crippen molar-refractivity contribution in [1.82, 2.24) is 5.32 Å². The third kappa shape index (κ3) is 3.47. The first-order valence-corrected chi connectivity index (χ1v) is 7.85. The van der Waals surface area contributed by atoms with E-state index in [4.69, 9.17) is 9.47 Å². The quantitative estimate of drug-likeness (QED) is 0.800. The Bertz CT molecular complexity index is 648. The Labute approximate surface area is 136 Å². The second kappa shape index (κ2) is 6.73. The molecule has 23 heavy (non-hydrogen) atoms. The number of hydrogen-bond acceptors (Lipinski definition) is 3. The van der Waals surface area contributed by atoms with Gasteiger partial charge in [-0.2, -0.15) is 0 Å². The molecule has 1 fully saturated rings. The van der Waals surface area contributed by atoms with E-state index in [1.165, 1.54) is 0 Å². The first-order chi connectivity index (χ1) is 11.2. The van der Waals surface area contributed by atoms with E-state index in [2.05, 4.69) is 5.32 Å². The number of amides is 1. The molecule has 0 spiro atoms. The van der Waals surface area contributed by atoms with Crippen LogP contribution in [0.1, 0.15) is 18.4 Å². The van der Waals surface area contributed by atoms with Crippen molar-refractivity contribution in [3.05, 3.63) is 60.2 Å². The van der Waals surface area contributed by atoms with Gasteiger partial charge in [0, 0.05) is 0 Å². The van der Waals surface area contributed by atoms with Crippen LogP contribution < -0.4 is 14.8 Å². The van der Waals surface area contributed by atoms with Crippen molar-refractivity contribution in [2.45, 2.75) is 18.3 Å². The van der Waals surface area contributed by atoms with Crippen LogP contribution in [0.15, 0.2) is 54.6 Å². The zero-order chi connectivity index (χ0) is 16.1. The molecule has 4 heteroatoms. The van der Waals surface area contributed by atoms with Gasteiger partial charge >= 0.3 is 0 Å². The van der Waals surface area contributed by atoms with Crippen LogP contribution in [0.25, 0.3) is 0 Å². The molecule has 1 amide bonds. The predicted octanol–water partition coefficient (Wildman–Crippen LogP) is 2.92. The Kier molecular flexibility index (Phi) is 4.51. The highest BCUT2D eigenvalue weighted by molar-refractivity contribution is 5.91. The molecule has 1 aliphatic carbocycles. The molecule has 2 aromatic rings. The number of carbonyl (C=O) groups excluding carboxylic acids is 1. The van der Waals surface area contributed by atoms with E-state index in [0.717, 1.165) is 29.9 Å². The zero-order valence-corrected chi connectivity index (χ0v) is 13.2. The molecule has 1 saturated carbocycles. The van der Waals surface area contributed by atoms with Crippen molar-refractivity contribution in [3.8, 4) is 11.5 Å². The van der Waals surface area contributed by atoms with Crippen LogP contribution in [0.2, 0.25) is 0 Å². The van der Waals surface area contributed by atoms with Gasteiger partial charge in [-0.15, -0.1) is 0 Å². The lowest BCUT2D eigenvalue weighted by molar-refractivity contribution is -0.123. The van der Waals surface area contributed by atoms with Crippen molar-refractivity contribution in [2.75, 3.05) is 20.3 Å². The van der Waals surface area contributed by atoms with E-state index in [1.54, 1.807) is 7.11 Å². The summed E-state index contributed by atoms with van der Waals surface area (Å²) in [5.41, 5.74) is 0.787. The number of carbonyl (C=O) groups is 1. The number of methoxy groups -OCH3 is 1. The van der Waals surface area contributed by atoms with E-state index in [1.807, 2.05) is 54.6 Å². The lowest BCUT2D eigenvalue weighted by Gasteiger charge is -2.16. The van der Waals surface area contributed by atoms with Crippen LogP contribution in [0.4, 0.5) is 0 Å². The van der Waals surface area contributed by atoms with Gasteiger partial charge in [0.15, 0.2) is 0 Å². The van der Waals surface area contributed by atoms with E-state index in [0.29, 0.717) is 13.2 Å². The van der Waals surface area contributed by atoms with Crippen molar-refractivity contribution < 1.29 is 14.3 Å². The standard InChI is InChI=1S/C19H21NO3/c1-22-16-7-9-17(10-8-16)23-14-13-20-18(21)19(11-12-19)15-5-3-2-4-6-15/h2-10H,11-14H2,1H3,(H,20,21). The van der Waals surface area contributed by atoms with Gasteiger partial charge in [-0.3, -0.25) is 4.79 Å². The summed E-state index contributed by atoms with van der Waals surface area (Å²) >= 11 is 0. The topological polar surface area (TPSA) is 47.6 Å². The van der Waals surface area contributed by atoms with Gasteiger partial charge in [-0.1, -0.05) is 30.3 Å². The second-order valence-corrected chi connectivity index (χ2v) is 5.73. The highest BCUT2D eigenvalue weighted by Crippen LogP contribution is 2.48. The minimum Gasteiger partial charge on any atom is -0.497 e. The summed E-state index contributed by atoms with van der Waals surface area (Å²) in [5, 5.41) is 2.99. The lowest BCUT2D eigenvalue weighted by atomic mass is 9.95. The highest BCUT2D eigenvalue weighted by Gasteiger charge is 2.50. The minimum absolute atomic E-state index is 0.0991. The molecule has 0 unspecified atom stereocenters. The SMILES string of the molecule is COc1ccc(OCCNC(=O)C2(c3ccccc3)CC2)cc1. The smallest absolute Gasteiger partial charge is 0.230 e. The molecule has 3 rings (SSSR count). The molecule has 0 aliphatic heterocycles. The fraction of sp³-hybridized carbons (Fsp3) is 0.316. The average Bonchev–Trinajstić information content (AvgIpc) is 3.42. The van der Waals surface area contributed by atoms with Crippen LogP contribution in [-0.2, 0) is 10.2 Å². The van der Waals surface area contributed by atoms with Crippen LogP contribution in [0, 0.1) is 0 Å². The van der Waals surface area contributed by atoms with E-state index in [9.17, 15) is 4.79 Å². The average molecular weight is 311 g/mol. The van der Waals surface area contributed by atoms with Gasteiger partial charge in [0.2, 0.25) is 5.91 Å². The summed E-state index contributed by atoms with van der Waals surface area (Å²) in [5.74, 6) is 1.66. The molecule has 0 saturated heterocycles. The Morgan fingerprint density at radius 3 is 2.30 bits per heavy atom. The first-order valence-electron chi connectivity index (χ1n) is 7.85. The van der Waals surface area contributed by atoms with Crippen molar-refractivity contribution in [1.29, 1.82) is 0 Å². The fourth-order valence-electron chi connectivity index (χ4n) is 2.70. The normalized spacial score (nSPS) is 14.8. The van der Waals surface area contributed by atoms with Gasteiger partial charge < -0.3 is 14.8 Å². The zero-order valence-electron chi connectivity index (χ0n) is 13.2. The second-order valence-electron chi connectivity index (χ2n) is 5.73. The van der Waals surface area contributed by atoms with Crippen molar-refractivity contribution in [2.24, 2.45) is 0 Å². The molecule has 0 radical (unpaired) electrons. The monoisotopic (exact) mass is 311 g/mol. The van der Waals surface area contributed by atoms with Gasteiger partial charge in [0.1, 0.15) is 18.1 Å². The predicted molar refractivity (Wildman–Crippen MR) is 88.9 cm³/mol. The molecule has 0 atom stereocenters. The number of hydrogen-bond donors (Lipinski definition) is 1. The Morgan fingerprint density at radius 2 is 1.70 bits per heavy atom. The maximum absolute atomic E-state index is 12.4. The minimum atomic E-state index is -0.318. The third-order valence-electron chi connectivity index (χ3n) is 4.23. The number of ether oxygens (including phenoxy) is 2. The molecule has 0 bridgehead atoms. The summed E-state index contributed by atoms with van der Waals surface area (Å²) in [7, 11) is 1.63. The number of rotatable bonds is 7. The molecule has 1 N–H and O–H groups in total. The fourth-order valence-corrected chi connectivity index (χ4v) is 2.70. The van der Waals surface area contributed by atoms with Gasteiger partial charge in [-0.25, -0.2) is 0 Å². The summed E-state index contributed by atoms with van der Waals surface area (Å²) < 4.78 is 10.7. The molecule has 4 nitrogen and oxygen atoms in total. The summed E-state index contributed by atoms with van der Waals surface area (Å²) in [6, 6.07) is 17.4. The van der Waals surface area contributed by atoms with E-state index < -0.39 is 0 Å². The van der Waals surface area contributed by atoms with E-state index in [-0.39, 0.29) is 11.3 Å². The van der Waals surface area contributed by atoms with Crippen LogP contribution in [-0.4, -0.2) is 26.2 Å². The summed E-state index contributed by atoms with van der Waals surface area (Å²) in [4.78, 5) is 12.4. The highest BCUT2D eigenvalue weighted by atomic mass is 16.5. The molecule has 0 heterocycles. The Morgan fingerprint density at radius 1 is 1.04 bits per heavy atom. The summed E-state index contributed by atoms with van der Waals surface area (Å²) in [6.07, 6.45) is 1.84. The first kappa shape index (κ1) is 15.4. The molecule has 2 aromatic carbocycles. The third-order valence-corrected chi connectivity index (χ3v) is 4.23. The molecular weight excluding hydrogens is 290 g/mol. The maximum atomic E-state index is 12.4. The maximum Gasteiger partial charge on any atom is 0.230 e. The summed E-state index contributed by atoms with van der Waals surface area (Å²) in [6.45, 7) is 0.947. The molecule has 0 aromatic heterocycles. The van der Waals surface area contributed by atoms with Crippen LogP contribution in [0.5, 0.6) is 11.5 Å². The van der Waals surface area contributed by atoms with Crippen molar-refractivity contribution >= 4 is 5.91 Å². The largest absolute Gasteiger partial charge is 0.497 e.